The van der Waals surface area contributed by atoms with Crippen molar-refractivity contribution in [3.63, 3.8) is 0 Å². The topological polar surface area (TPSA) is 68.9 Å². The molecule has 0 unspecified atom stereocenters. The lowest BCUT2D eigenvalue weighted by Gasteiger charge is -2.05. The maximum atomic E-state index is 11.7. The van der Waals surface area contributed by atoms with E-state index >= 15 is 0 Å². The molecule has 2 aromatic heterocycles. The zero-order valence-corrected chi connectivity index (χ0v) is 11.0. The number of halogens is 1. The number of aromatic nitrogens is 2. The highest BCUT2D eigenvalue weighted by molar-refractivity contribution is 7.22. The molecular formula is C12H8ClN3OS. The third-order valence-electron chi connectivity index (χ3n) is 2.75. The third-order valence-corrected chi connectivity index (χ3v) is 4.10. The van der Waals surface area contributed by atoms with Crippen LogP contribution in [0.3, 0.4) is 0 Å². The average Bonchev–Trinajstić information content (AvgIpc) is 2.30. The lowest BCUT2D eigenvalue weighted by atomic mass is 10.1. The summed E-state index contributed by atoms with van der Waals surface area (Å²) in [5.41, 5.74) is 6.99. The number of anilines is 1. The molecule has 0 atom stereocenters. The van der Waals surface area contributed by atoms with Crippen LogP contribution >= 0.6 is 22.9 Å². The molecule has 0 aliphatic heterocycles. The standard InChI is InChI=1S/C12H8ClN3OS/c1-5-2-6-9(3-8(5)13)15-4-7-10(6)18-12(14)16-11(7)17/h2-4H,1H3,(H2,14,16,17). The SMILES string of the molecule is Cc1cc2c(cc1Cl)ncc1c(=O)nc(N)sc12. The predicted molar refractivity (Wildman–Crippen MR) is 75.4 cm³/mol. The smallest absolute Gasteiger partial charge is 0.282 e. The Morgan fingerprint density at radius 3 is 2.89 bits per heavy atom. The molecule has 18 heavy (non-hydrogen) atoms. The zero-order chi connectivity index (χ0) is 12.9. The number of nitrogens with two attached hydrogens (primary N) is 1. The van der Waals surface area contributed by atoms with Crippen LogP contribution in [0, 0.1) is 6.92 Å². The Labute approximate surface area is 111 Å². The first-order valence-electron chi connectivity index (χ1n) is 5.21. The van der Waals surface area contributed by atoms with Gasteiger partial charge in [-0.05, 0) is 24.6 Å². The van der Waals surface area contributed by atoms with Gasteiger partial charge in [-0.3, -0.25) is 9.78 Å². The van der Waals surface area contributed by atoms with Crippen LogP contribution in [0.1, 0.15) is 5.56 Å². The van der Waals surface area contributed by atoms with Gasteiger partial charge in [0.1, 0.15) is 0 Å². The van der Waals surface area contributed by atoms with Gasteiger partial charge in [0.05, 0.1) is 15.6 Å². The molecule has 0 aliphatic rings. The van der Waals surface area contributed by atoms with E-state index in [0.717, 1.165) is 21.2 Å². The molecule has 0 amide bonds. The summed E-state index contributed by atoms with van der Waals surface area (Å²) in [4.78, 5) is 19.7. The molecule has 90 valence electrons. The van der Waals surface area contributed by atoms with Gasteiger partial charge in [-0.2, -0.15) is 4.98 Å². The number of rotatable bonds is 0. The van der Waals surface area contributed by atoms with Gasteiger partial charge in [0.15, 0.2) is 5.13 Å². The summed E-state index contributed by atoms with van der Waals surface area (Å²) in [5, 5.41) is 2.28. The number of benzene rings is 1. The molecule has 3 aromatic rings. The van der Waals surface area contributed by atoms with Crippen molar-refractivity contribution in [1.82, 2.24) is 9.97 Å². The van der Waals surface area contributed by atoms with E-state index in [0.29, 0.717) is 10.4 Å². The highest BCUT2D eigenvalue weighted by Gasteiger charge is 2.09. The van der Waals surface area contributed by atoms with Gasteiger partial charge >= 0.3 is 0 Å². The van der Waals surface area contributed by atoms with Crippen LogP contribution in [0.2, 0.25) is 5.02 Å². The largest absolute Gasteiger partial charge is 0.375 e. The van der Waals surface area contributed by atoms with E-state index in [1.807, 2.05) is 13.0 Å². The number of hydrogen-bond donors (Lipinski definition) is 1. The Morgan fingerprint density at radius 1 is 1.33 bits per heavy atom. The van der Waals surface area contributed by atoms with Crippen molar-refractivity contribution in [2.45, 2.75) is 6.92 Å². The maximum absolute atomic E-state index is 11.7. The first-order chi connectivity index (χ1) is 8.56. The van der Waals surface area contributed by atoms with Crippen molar-refractivity contribution in [3.05, 3.63) is 39.3 Å². The predicted octanol–water partition coefficient (Wildman–Crippen LogP) is 2.75. The number of aryl methyl sites for hydroxylation is 1. The number of hydrogen-bond acceptors (Lipinski definition) is 5. The molecule has 0 spiro atoms. The van der Waals surface area contributed by atoms with Crippen LogP contribution in [0.25, 0.3) is 21.0 Å². The normalized spacial score (nSPS) is 11.2. The van der Waals surface area contributed by atoms with Crippen LogP contribution in [0.15, 0.2) is 23.1 Å². The zero-order valence-electron chi connectivity index (χ0n) is 9.40. The highest BCUT2D eigenvalue weighted by atomic mass is 35.5. The quantitative estimate of drug-likeness (QED) is 0.642. The fourth-order valence-corrected chi connectivity index (χ4v) is 2.87. The lowest BCUT2D eigenvalue weighted by molar-refractivity contribution is 1.31. The van der Waals surface area contributed by atoms with Crippen LogP contribution < -0.4 is 11.3 Å². The summed E-state index contributed by atoms with van der Waals surface area (Å²) in [7, 11) is 0. The van der Waals surface area contributed by atoms with E-state index in [1.165, 1.54) is 17.5 Å². The minimum absolute atomic E-state index is 0.257. The summed E-state index contributed by atoms with van der Waals surface area (Å²) in [6.07, 6.45) is 1.52. The van der Waals surface area contributed by atoms with E-state index in [9.17, 15) is 4.79 Å². The fourth-order valence-electron chi connectivity index (χ4n) is 1.85. The monoisotopic (exact) mass is 277 g/mol. The van der Waals surface area contributed by atoms with Gasteiger partial charge in [0, 0.05) is 16.6 Å². The van der Waals surface area contributed by atoms with E-state index in [2.05, 4.69) is 9.97 Å². The third kappa shape index (κ3) is 1.63. The number of nitrogens with zero attached hydrogens (tertiary/aromatic N) is 2. The van der Waals surface area contributed by atoms with Crippen molar-refractivity contribution in [3.8, 4) is 0 Å². The van der Waals surface area contributed by atoms with E-state index in [4.69, 9.17) is 17.3 Å². The second-order valence-corrected chi connectivity index (χ2v) is 5.41. The Hall–Kier alpha value is -1.72. The molecule has 4 nitrogen and oxygen atoms in total. The number of nitrogen functional groups attached to an aromatic ring is 1. The summed E-state index contributed by atoms with van der Waals surface area (Å²) in [6, 6.07) is 3.71. The molecule has 2 heterocycles. The van der Waals surface area contributed by atoms with E-state index in [-0.39, 0.29) is 10.7 Å². The van der Waals surface area contributed by atoms with E-state index < -0.39 is 0 Å². The van der Waals surface area contributed by atoms with Crippen molar-refractivity contribution >= 4 is 49.1 Å². The number of pyridine rings is 1. The highest BCUT2D eigenvalue weighted by Crippen LogP contribution is 2.30. The van der Waals surface area contributed by atoms with Crippen molar-refractivity contribution in [2.24, 2.45) is 0 Å². The van der Waals surface area contributed by atoms with E-state index in [1.54, 1.807) is 6.07 Å². The average molecular weight is 278 g/mol. The first kappa shape index (κ1) is 11.4. The molecule has 0 aliphatic carbocycles. The Bertz CT molecular complexity index is 844. The van der Waals surface area contributed by atoms with Crippen LogP contribution in [-0.4, -0.2) is 9.97 Å². The minimum Gasteiger partial charge on any atom is -0.375 e. The van der Waals surface area contributed by atoms with Gasteiger partial charge in [0.25, 0.3) is 5.56 Å². The Morgan fingerprint density at radius 2 is 2.11 bits per heavy atom. The van der Waals surface area contributed by atoms with Crippen LogP contribution in [-0.2, 0) is 0 Å². The van der Waals surface area contributed by atoms with Gasteiger partial charge in [-0.1, -0.05) is 22.9 Å². The maximum Gasteiger partial charge on any atom is 0.282 e. The molecule has 3 rings (SSSR count). The molecule has 0 radical (unpaired) electrons. The van der Waals surface area contributed by atoms with Gasteiger partial charge < -0.3 is 5.73 Å². The van der Waals surface area contributed by atoms with Crippen molar-refractivity contribution in [1.29, 1.82) is 0 Å². The summed E-state index contributed by atoms with van der Waals surface area (Å²) < 4.78 is 0.803. The Kier molecular flexibility index (Phi) is 2.46. The molecule has 0 saturated carbocycles. The van der Waals surface area contributed by atoms with Gasteiger partial charge in [0.2, 0.25) is 0 Å². The molecule has 0 bridgehead atoms. The van der Waals surface area contributed by atoms with Gasteiger partial charge in [-0.25, -0.2) is 0 Å². The molecule has 2 N–H and O–H groups in total. The molecule has 0 fully saturated rings. The van der Waals surface area contributed by atoms with Crippen LogP contribution in [0.4, 0.5) is 5.13 Å². The van der Waals surface area contributed by atoms with Crippen LogP contribution in [0.5, 0.6) is 0 Å². The molecule has 6 heteroatoms. The number of fused-ring (bicyclic) bond motifs is 3. The summed E-state index contributed by atoms with van der Waals surface area (Å²) in [6.45, 7) is 1.91. The first-order valence-corrected chi connectivity index (χ1v) is 6.41. The Balaban J connectivity index is 2.60. The summed E-state index contributed by atoms with van der Waals surface area (Å²) in [5.74, 6) is 0. The molecule has 0 saturated heterocycles. The minimum atomic E-state index is -0.344. The second kappa shape index (κ2) is 3.90. The van der Waals surface area contributed by atoms with Gasteiger partial charge in [-0.15, -0.1) is 0 Å². The van der Waals surface area contributed by atoms with Crippen molar-refractivity contribution in [2.75, 3.05) is 5.73 Å². The lowest BCUT2D eigenvalue weighted by Crippen LogP contribution is -2.07. The van der Waals surface area contributed by atoms with Crippen molar-refractivity contribution < 1.29 is 0 Å². The fraction of sp³-hybridized carbons (Fsp3) is 0.0833. The second-order valence-electron chi connectivity index (χ2n) is 3.98. The molecular weight excluding hydrogens is 270 g/mol. The molecule has 1 aromatic carbocycles. The summed E-state index contributed by atoms with van der Waals surface area (Å²) >= 11 is 7.35.